The number of ether oxygens (including phenoxy) is 1. The number of hydrogen-bond acceptors (Lipinski definition) is 5. The van der Waals surface area contributed by atoms with Gasteiger partial charge in [-0.25, -0.2) is 9.97 Å². The van der Waals surface area contributed by atoms with Crippen LogP contribution in [0.15, 0.2) is 48.9 Å². The molecule has 0 amide bonds. The summed E-state index contributed by atoms with van der Waals surface area (Å²) >= 11 is 0. The minimum Gasteiger partial charge on any atom is -0.381 e. The summed E-state index contributed by atoms with van der Waals surface area (Å²) in [6.45, 7) is 9.33. The summed E-state index contributed by atoms with van der Waals surface area (Å²) < 4.78 is 7.85. The fourth-order valence-electron chi connectivity index (χ4n) is 3.91. The number of nitrogens with zero attached hydrogens (tertiary/aromatic N) is 5. The van der Waals surface area contributed by atoms with Crippen molar-refractivity contribution in [3.8, 4) is 11.4 Å². The molecule has 2 aromatic heterocycles. The Kier molecular flexibility index (Phi) is 5.86. The second kappa shape index (κ2) is 8.56. The van der Waals surface area contributed by atoms with Gasteiger partial charge in [-0.15, -0.1) is 0 Å². The SMILES string of the molecule is CN(c1ccccc1)c1cncc(-c2cn(CC3CCOCC3)c(C(C)(C)C)n2)n1. The molecule has 1 fully saturated rings. The van der Waals surface area contributed by atoms with E-state index in [1.165, 1.54) is 0 Å². The van der Waals surface area contributed by atoms with Gasteiger partial charge in [0.05, 0.1) is 12.4 Å². The number of aromatic nitrogens is 4. The Balaban J connectivity index is 1.65. The lowest BCUT2D eigenvalue weighted by atomic mass is 9.94. The summed E-state index contributed by atoms with van der Waals surface area (Å²) in [7, 11) is 2.01. The van der Waals surface area contributed by atoms with Crippen molar-refractivity contribution in [2.75, 3.05) is 25.2 Å². The first-order valence-electron chi connectivity index (χ1n) is 10.7. The maximum absolute atomic E-state index is 5.53. The van der Waals surface area contributed by atoms with Gasteiger partial charge in [0, 0.05) is 44.1 Å². The molecular weight excluding hydrogens is 374 g/mol. The van der Waals surface area contributed by atoms with Gasteiger partial charge >= 0.3 is 0 Å². The summed E-state index contributed by atoms with van der Waals surface area (Å²) in [5.74, 6) is 2.52. The summed E-state index contributed by atoms with van der Waals surface area (Å²) in [4.78, 5) is 16.4. The van der Waals surface area contributed by atoms with Crippen LogP contribution in [-0.4, -0.2) is 39.8 Å². The van der Waals surface area contributed by atoms with E-state index >= 15 is 0 Å². The van der Waals surface area contributed by atoms with Crippen molar-refractivity contribution in [1.29, 1.82) is 0 Å². The second-order valence-electron chi connectivity index (χ2n) is 9.06. The fourth-order valence-corrected chi connectivity index (χ4v) is 3.91. The number of imidazole rings is 1. The normalized spacial score (nSPS) is 15.3. The average Bonchev–Trinajstić information content (AvgIpc) is 3.19. The van der Waals surface area contributed by atoms with Crippen LogP contribution in [0.1, 0.15) is 39.4 Å². The van der Waals surface area contributed by atoms with Crippen LogP contribution in [0.2, 0.25) is 0 Å². The van der Waals surface area contributed by atoms with Crippen LogP contribution in [-0.2, 0) is 16.7 Å². The molecule has 0 spiro atoms. The number of hydrogen-bond donors (Lipinski definition) is 0. The Hall–Kier alpha value is -2.73. The highest BCUT2D eigenvalue weighted by molar-refractivity contribution is 5.62. The van der Waals surface area contributed by atoms with Crippen LogP contribution >= 0.6 is 0 Å². The maximum Gasteiger partial charge on any atom is 0.152 e. The largest absolute Gasteiger partial charge is 0.381 e. The van der Waals surface area contributed by atoms with Crippen molar-refractivity contribution in [3.05, 3.63) is 54.7 Å². The third-order valence-corrected chi connectivity index (χ3v) is 5.61. The molecule has 1 aliphatic heterocycles. The molecule has 0 atom stereocenters. The molecule has 6 nitrogen and oxygen atoms in total. The van der Waals surface area contributed by atoms with Gasteiger partial charge in [-0.1, -0.05) is 39.0 Å². The molecule has 1 aromatic carbocycles. The number of anilines is 2. The van der Waals surface area contributed by atoms with Gasteiger partial charge in [-0.3, -0.25) is 4.98 Å². The molecule has 30 heavy (non-hydrogen) atoms. The van der Waals surface area contributed by atoms with E-state index in [9.17, 15) is 0 Å². The molecule has 0 N–H and O–H groups in total. The number of rotatable bonds is 5. The highest BCUT2D eigenvalue weighted by Crippen LogP contribution is 2.29. The predicted octanol–water partition coefficient (Wildman–Crippen LogP) is 4.83. The Morgan fingerprint density at radius 3 is 2.47 bits per heavy atom. The Morgan fingerprint density at radius 1 is 1.03 bits per heavy atom. The van der Waals surface area contributed by atoms with Crippen molar-refractivity contribution < 1.29 is 4.74 Å². The average molecular weight is 406 g/mol. The van der Waals surface area contributed by atoms with Crippen molar-refractivity contribution in [3.63, 3.8) is 0 Å². The molecule has 0 saturated carbocycles. The molecular formula is C24H31N5O. The van der Waals surface area contributed by atoms with Gasteiger partial charge in [0.1, 0.15) is 17.2 Å². The third kappa shape index (κ3) is 4.54. The molecule has 4 rings (SSSR count). The predicted molar refractivity (Wildman–Crippen MR) is 120 cm³/mol. The maximum atomic E-state index is 5.53. The zero-order valence-corrected chi connectivity index (χ0v) is 18.4. The molecule has 0 unspecified atom stereocenters. The monoisotopic (exact) mass is 405 g/mol. The van der Waals surface area contributed by atoms with E-state index in [-0.39, 0.29) is 5.41 Å². The summed E-state index contributed by atoms with van der Waals surface area (Å²) in [5, 5.41) is 0. The van der Waals surface area contributed by atoms with Crippen molar-refractivity contribution in [1.82, 2.24) is 19.5 Å². The second-order valence-corrected chi connectivity index (χ2v) is 9.06. The molecule has 1 saturated heterocycles. The minimum atomic E-state index is -0.0463. The van der Waals surface area contributed by atoms with E-state index in [1.807, 2.05) is 30.1 Å². The van der Waals surface area contributed by atoms with Crippen LogP contribution in [0.5, 0.6) is 0 Å². The van der Waals surface area contributed by atoms with Crippen molar-refractivity contribution in [2.45, 2.75) is 45.6 Å². The highest BCUT2D eigenvalue weighted by atomic mass is 16.5. The Bertz CT molecular complexity index is 971. The van der Waals surface area contributed by atoms with Gasteiger partial charge in [-0.05, 0) is 30.9 Å². The first-order chi connectivity index (χ1) is 14.4. The van der Waals surface area contributed by atoms with Crippen LogP contribution in [0.4, 0.5) is 11.5 Å². The summed E-state index contributed by atoms with van der Waals surface area (Å²) in [5.41, 5.74) is 2.70. The Morgan fingerprint density at radius 2 is 1.77 bits per heavy atom. The number of benzene rings is 1. The Labute approximate surface area is 179 Å². The first kappa shape index (κ1) is 20.5. The standard InChI is InChI=1S/C24H31N5O/c1-24(2,3)23-27-21(17-29(23)16-18-10-12-30-13-11-18)20-14-25-15-22(26-20)28(4)19-8-6-5-7-9-19/h5-9,14-15,17-18H,10-13,16H2,1-4H3. The van der Waals surface area contributed by atoms with E-state index in [1.54, 1.807) is 12.4 Å². The van der Waals surface area contributed by atoms with Crippen molar-refractivity contribution in [2.24, 2.45) is 5.92 Å². The summed E-state index contributed by atoms with van der Waals surface area (Å²) in [6.07, 6.45) is 7.95. The highest BCUT2D eigenvalue weighted by Gasteiger charge is 2.25. The lowest BCUT2D eigenvalue weighted by molar-refractivity contribution is 0.0608. The van der Waals surface area contributed by atoms with Gasteiger partial charge in [0.15, 0.2) is 5.82 Å². The molecule has 0 bridgehead atoms. The van der Waals surface area contributed by atoms with E-state index in [2.05, 4.69) is 48.7 Å². The zero-order chi connectivity index (χ0) is 21.1. The molecule has 0 radical (unpaired) electrons. The van der Waals surface area contributed by atoms with Crippen LogP contribution in [0.3, 0.4) is 0 Å². The van der Waals surface area contributed by atoms with E-state index < -0.39 is 0 Å². The lowest BCUT2D eigenvalue weighted by Gasteiger charge is -2.25. The first-order valence-corrected chi connectivity index (χ1v) is 10.7. The van der Waals surface area contributed by atoms with Crippen molar-refractivity contribution >= 4 is 11.5 Å². The van der Waals surface area contributed by atoms with E-state index in [4.69, 9.17) is 14.7 Å². The molecule has 6 heteroatoms. The lowest BCUT2D eigenvalue weighted by Crippen LogP contribution is -2.24. The molecule has 3 aromatic rings. The zero-order valence-electron chi connectivity index (χ0n) is 18.4. The van der Waals surface area contributed by atoms with Crippen LogP contribution in [0, 0.1) is 5.92 Å². The smallest absolute Gasteiger partial charge is 0.152 e. The third-order valence-electron chi connectivity index (χ3n) is 5.61. The van der Waals surface area contributed by atoms with Crippen LogP contribution < -0.4 is 4.90 Å². The number of para-hydroxylation sites is 1. The van der Waals surface area contributed by atoms with Gasteiger partial charge < -0.3 is 14.2 Å². The fraction of sp³-hybridized carbons (Fsp3) is 0.458. The molecule has 0 aliphatic carbocycles. The quantitative estimate of drug-likeness (QED) is 0.608. The summed E-state index contributed by atoms with van der Waals surface area (Å²) in [6, 6.07) is 10.2. The molecule has 158 valence electrons. The van der Waals surface area contributed by atoms with E-state index in [0.29, 0.717) is 5.92 Å². The van der Waals surface area contributed by atoms with Gasteiger partial charge in [-0.2, -0.15) is 0 Å². The molecule has 3 heterocycles. The van der Waals surface area contributed by atoms with Gasteiger partial charge in [0.25, 0.3) is 0 Å². The minimum absolute atomic E-state index is 0.0463. The molecule has 1 aliphatic rings. The van der Waals surface area contributed by atoms with Gasteiger partial charge in [0.2, 0.25) is 0 Å². The van der Waals surface area contributed by atoms with Crippen LogP contribution in [0.25, 0.3) is 11.4 Å². The van der Waals surface area contributed by atoms with E-state index in [0.717, 1.165) is 61.3 Å². The topological polar surface area (TPSA) is 56.1 Å².